The first-order valence-electron chi connectivity index (χ1n) is 5.46. The van der Waals surface area contributed by atoms with Crippen molar-refractivity contribution in [3.8, 4) is 0 Å². The molecule has 2 amide bonds. The van der Waals surface area contributed by atoms with Gasteiger partial charge in [-0.2, -0.15) is 0 Å². The van der Waals surface area contributed by atoms with Crippen LogP contribution in [0.5, 0.6) is 0 Å². The summed E-state index contributed by atoms with van der Waals surface area (Å²) in [7, 11) is 1.53. The van der Waals surface area contributed by atoms with E-state index in [2.05, 4.69) is 4.98 Å². The summed E-state index contributed by atoms with van der Waals surface area (Å²) in [5.74, 6) is -0.813. The lowest BCUT2D eigenvalue weighted by Crippen LogP contribution is -2.35. The predicted molar refractivity (Wildman–Crippen MR) is 67.9 cm³/mol. The molecule has 18 heavy (non-hydrogen) atoms. The minimum Gasteiger partial charge on any atom is -0.368 e. The Morgan fingerprint density at radius 3 is 2.78 bits per heavy atom. The molecule has 0 radical (unpaired) electrons. The fourth-order valence-corrected chi connectivity index (χ4v) is 1.71. The van der Waals surface area contributed by atoms with Gasteiger partial charge in [0, 0.05) is 18.6 Å². The summed E-state index contributed by atoms with van der Waals surface area (Å²) in [5.41, 5.74) is 6.32. The largest absolute Gasteiger partial charge is 0.368 e. The van der Waals surface area contributed by atoms with E-state index in [-0.39, 0.29) is 12.5 Å². The van der Waals surface area contributed by atoms with Gasteiger partial charge in [-0.1, -0.05) is 18.2 Å². The number of aromatic nitrogens is 1. The molecule has 0 bridgehead atoms. The summed E-state index contributed by atoms with van der Waals surface area (Å²) in [5, 5.41) is 0.885. The van der Waals surface area contributed by atoms with E-state index in [4.69, 9.17) is 5.73 Å². The molecule has 0 fully saturated rings. The molecule has 5 heteroatoms. The van der Waals surface area contributed by atoms with Gasteiger partial charge < -0.3 is 10.6 Å². The second kappa shape index (κ2) is 4.83. The topological polar surface area (TPSA) is 76.3 Å². The lowest BCUT2D eigenvalue weighted by Gasteiger charge is -2.14. The Labute approximate surface area is 104 Å². The number of benzene rings is 1. The van der Waals surface area contributed by atoms with Crippen LogP contribution in [0.15, 0.2) is 36.5 Å². The Hall–Kier alpha value is -2.43. The zero-order valence-electron chi connectivity index (χ0n) is 9.96. The van der Waals surface area contributed by atoms with Gasteiger partial charge >= 0.3 is 0 Å². The number of amides is 2. The third kappa shape index (κ3) is 2.45. The summed E-state index contributed by atoms with van der Waals surface area (Å²) in [4.78, 5) is 28.2. The average molecular weight is 243 g/mol. The van der Waals surface area contributed by atoms with Gasteiger partial charge in [-0.15, -0.1) is 0 Å². The number of fused-ring (bicyclic) bond motifs is 1. The number of para-hydroxylation sites is 1. The van der Waals surface area contributed by atoms with Crippen LogP contribution in [0.25, 0.3) is 10.9 Å². The third-order valence-electron chi connectivity index (χ3n) is 2.58. The quantitative estimate of drug-likeness (QED) is 0.866. The monoisotopic (exact) mass is 243 g/mol. The van der Waals surface area contributed by atoms with Crippen molar-refractivity contribution in [2.45, 2.75) is 0 Å². The normalized spacial score (nSPS) is 10.3. The first-order valence-corrected chi connectivity index (χ1v) is 5.46. The van der Waals surface area contributed by atoms with Gasteiger partial charge in [-0.25, -0.2) is 0 Å². The van der Waals surface area contributed by atoms with Crippen LogP contribution in [0, 0.1) is 0 Å². The highest BCUT2D eigenvalue weighted by Crippen LogP contribution is 2.13. The number of nitrogens with zero attached hydrogens (tertiary/aromatic N) is 2. The molecule has 0 unspecified atom stereocenters. The van der Waals surface area contributed by atoms with Crippen LogP contribution in [0.4, 0.5) is 0 Å². The number of nitrogens with two attached hydrogens (primary N) is 1. The Morgan fingerprint density at radius 1 is 1.33 bits per heavy atom. The molecule has 0 atom stereocenters. The van der Waals surface area contributed by atoms with Crippen molar-refractivity contribution in [1.82, 2.24) is 9.88 Å². The summed E-state index contributed by atoms with van der Waals surface area (Å²) in [6, 6.07) is 9.27. The molecule has 0 aliphatic rings. The van der Waals surface area contributed by atoms with Crippen LogP contribution >= 0.6 is 0 Å². The van der Waals surface area contributed by atoms with Gasteiger partial charge in [0.2, 0.25) is 5.91 Å². The molecule has 0 aliphatic carbocycles. The molecule has 1 aromatic heterocycles. The maximum absolute atomic E-state index is 12.0. The van der Waals surface area contributed by atoms with Crippen molar-refractivity contribution < 1.29 is 9.59 Å². The van der Waals surface area contributed by atoms with Crippen molar-refractivity contribution in [1.29, 1.82) is 0 Å². The molecule has 1 heterocycles. The van der Waals surface area contributed by atoms with Gasteiger partial charge in [0.15, 0.2) is 0 Å². The van der Waals surface area contributed by atoms with E-state index in [0.29, 0.717) is 5.56 Å². The van der Waals surface area contributed by atoms with Crippen LogP contribution in [-0.4, -0.2) is 35.3 Å². The number of pyridine rings is 1. The van der Waals surface area contributed by atoms with Crippen molar-refractivity contribution >= 4 is 22.7 Å². The fourth-order valence-electron chi connectivity index (χ4n) is 1.71. The van der Waals surface area contributed by atoms with Crippen LogP contribution in [-0.2, 0) is 4.79 Å². The third-order valence-corrected chi connectivity index (χ3v) is 2.58. The van der Waals surface area contributed by atoms with E-state index in [1.165, 1.54) is 18.1 Å². The van der Waals surface area contributed by atoms with Crippen LogP contribution in [0.1, 0.15) is 10.4 Å². The van der Waals surface area contributed by atoms with Gasteiger partial charge in [-0.05, 0) is 12.1 Å². The summed E-state index contributed by atoms with van der Waals surface area (Å²) >= 11 is 0. The lowest BCUT2D eigenvalue weighted by molar-refractivity contribution is -0.118. The Kier molecular flexibility index (Phi) is 3.23. The highest BCUT2D eigenvalue weighted by atomic mass is 16.2. The zero-order chi connectivity index (χ0) is 13.1. The molecule has 2 N–H and O–H groups in total. The maximum atomic E-state index is 12.0. The second-order valence-electron chi connectivity index (χ2n) is 4.04. The number of primary amides is 1. The van der Waals surface area contributed by atoms with Crippen LogP contribution in [0.2, 0.25) is 0 Å². The van der Waals surface area contributed by atoms with Crippen LogP contribution in [0.3, 0.4) is 0 Å². The van der Waals surface area contributed by atoms with Gasteiger partial charge in [0.1, 0.15) is 0 Å². The molecule has 5 nitrogen and oxygen atoms in total. The van der Waals surface area contributed by atoms with Crippen LogP contribution < -0.4 is 5.73 Å². The molecular formula is C13H13N3O2. The fraction of sp³-hybridized carbons (Fsp3) is 0.154. The average Bonchev–Trinajstić information content (AvgIpc) is 2.36. The minimum atomic E-state index is -0.542. The first kappa shape index (κ1) is 12.0. The van der Waals surface area contributed by atoms with Gasteiger partial charge in [-0.3, -0.25) is 14.6 Å². The Morgan fingerprint density at radius 2 is 2.06 bits per heavy atom. The molecule has 0 aliphatic heterocycles. The highest BCUT2D eigenvalue weighted by Gasteiger charge is 2.14. The van der Waals surface area contributed by atoms with E-state index < -0.39 is 5.91 Å². The van der Waals surface area contributed by atoms with Crippen molar-refractivity contribution in [2.24, 2.45) is 5.73 Å². The predicted octanol–water partition coefficient (Wildman–Crippen LogP) is 0.792. The van der Waals surface area contributed by atoms with E-state index in [1.54, 1.807) is 6.07 Å². The molecular weight excluding hydrogens is 230 g/mol. The number of hydrogen-bond acceptors (Lipinski definition) is 3. The maximum Gasteiger partial charge on any atom is 0.255 e. The van der Waals surface area contributed by atoms with E-state index in [1.807, 2.05) is 24.3 Å². The van der Waals surface area contributed by atoms with Gasteiger partial charge in [0.05, 0.1) is 17.6 Å². The van der Waals surface area contributed by atoms with E-state index in [9.17, 15) is 9.59 Å². The Bertz CT molecular complexity index is 610. The summed E-state index contributed by atoms with van der Waals surface area (Å²) < 4.78 is 0. The number of rotatable bonds is 3. The number of hydrogen-bond donors (Lipinski definition) is 1. The first-order chi connectivity index (χ1) is 8.58. The second-order valence-corrected chi connectivity index (χ2v) is 4.04. The smallest absolute Gasteiger partial charge is 0.255 e. The van der Waals surface area contributed by atoms with E-state index >= 15 is 0 Å². The minimum absolute atomic E-state index is 0.105. The number of carbonyl (C=O) groups excluding carboxylic acids is 2. The van der Waals surface area contributed by atoms with E-state index in [0.717, 1.165) is 10.9 Å². The molecule has 92 valence electrons. The number of carbonyl (C=O) groups is 2. The molecule has 0 saturated heterocycles. The standard InChI is InChI=1S/C13H13N3O2/c1-16(8-12(14)17)13(18)10-6-9-4-2-3-5-11(9)15-7-10/h2-7H,8H2,1H3,(H2,14,17). The lowest BCUT2D eigenvalue weighted by atomic mass is 10.1. The van der Waals surface area contributed by atoms with Crippen molar-refractivity contribution in [3.63, 3.8) is 0 Å². The molecule has 0 saturated carbocycles. The van der Waals surface area contributed by atoms with Crippen molar-refractivity contribution in [2.75, 3.05) is 13.6 Å². The zero-order valence-corrected chi connectivity index (χ0v) is 9.96. The van der Waals surface area contributed by atoms with Crippen molar-refractivity contribution in [3.05, 3.63) is 42.1 Å². The summed E-state index contributed by atoms with van der Waals surface area (Å²) in [6.07, 6.45) is 1.50. The molecule has 2 rings (SSSR count). The summed E-state index contributed by atoms with van der Waals surface area (Å²) in [6.45, 7) is -0.105. The Balaban J connectivity index is 2.30. The number of likely N-dealkylation sites (N-methyl/N-ethyl adjacent to an activating group) is 1. The SMILES string of the molecule is CN(CC(N)=O)C(=O)c1cnc2ccccc2c1. The van der Waals surface area contributed by atoms with Gasteiger partial charge in [0.25, 0.3) is 5.91 Å². The molecule has 1 aromatic carbocycles. The molecule has 2 aromatic rings. The highest BCUT2D eigenvalue weighted by molar-refractivity contribution is 5.98. The molecule has 0 spiro atoms.